The molecule has 0 N–H and O–H groups in total. The minimum Gasteiger partial charge on any atom is -0.465 e. The van der Waals surface area contributed by atoms with Crippen LogP contribution in [-0.4, -0.2) is 25.2 Å². The van der Waals surface area contributed by atoms with E-state index in [0.717, 1.165) is 12.8 Å². The molecule has 136 valence electrons. The number of esters is 2. The van der Waals surface area contributed by atoms with E-state index in [-0.39, 0.29) is 34.6 Å². The summed E-state index contributed by atoms with van der Waals surface area (Å²) >= 11 is 0. The highest BCUT2D eigenvalue weighted by Crippen LogP contribution is 2.59. The Balaban J connectivity index is 2.27. The van der Waals surface area contributed by atoms with Gasteiger partial charge in [-0.2, -0.15) is 0 Å². The zero-order valence-electron chi connectivity index (χ0n) is 15.9. The van der Waals surface area contributed by atoms with Crippen LogP contribution >= 0.6 is 0 Å². The van der Waals surface area contributed by atoms with Crippen molar-refractivity contribution in [1.29, 1.82) is 0 Å². The smallest absolute Gasteiger partial charge is 0.310 e. The highest BCUT2D eigenvalue weighted by Gasteiger charge is 2.60. The van der Waals surface area contributed by atoms with Crippen molar-refractivity contribution < 1.29 is 19.1 Å². The molecule has 4 nitrogen and oxygen atoms in total. The number of carbonyl (C=O) groups is 2. The van der Waals surface area contributed by atoms with Gasteiger partial charge < -0.3 is 9.47 Å². The Hall–Kier alpha value is -1.32. The maximum atomic E-state index is 12.8. The third-order valence-corrected chi connectivity index (χ3v) is 5.43. The maximum Gasteiger partial charge on any atom is 0.310 e. The van der Waals surface area contributed by atoms with Gasteiger partial charge in [-0.1, -0.05) is 53.7 Å². The van der Waals surface area contributed by atoms with Crippen molar-refractivity contribution in [3.63, 3.8) is 0 Å². The van der Waals surface area contributed by atoms with Gasteiger partial charge in [0.25, 0.3) is 0 Å². The summed E-state index contributed by atoms with van der Waals surface area (Å²) in [5, 5.41) is 0. The van der Waals surface area contributed by atoms with Crippen molar-refractivity contribution in [1.82, 2.24) is 0 Å². The summed E-state index contributed by atoms with van der Waals surface area (Å²) in [6.07, 6.45) is 6.03. The van der Waals surface area contributed by atoms with Crippen molar-refractivity contribution in [2.75, 3.05) is 13.2 Å². The summed E-state index contributed by atoms with van der Waals surface area (Å²) in [6, 6.07) is 0. The van der Waals surface area contributed by atoms with Gasteiger partial charge in [0.1, 0.15) is 0 Å². The third-order valence-electron chi connectivity index (χ3n) is 5.43. The molecular formula is C20H32O4. The maximum absolute atomic E-state index is 12.8. The van der Waals surface area contributed by atoms with Crippen LogP contribution in [0.2, 0.25) is 0 Å². The summed E-state index contributed by atoms with van der Waals surface area (Å²) in [6.45, 7) is 12.9. The molecule has 0 spiro atoms. The first-order chi connectivity index (χ1) is 11.1. The normalized spacial score (nSPS) is 34.7. The Morgan fingerprint density at radius 3 is 1.46 bits per heavy atom. The van der Waals surface area contributed by atoms with Crippen molar-refractivity contribution >= 4 is 11.9 Å². The Labute approximate surface area is 146 Å². The molecule has 0 radical (unpaired) electrons. The summed E-state index contributed by atoms with van der Waals surface area (Å²) in [5.74, 6) is -0.875. The second kappa shape index (κ2) is 6.89. The number of allylic oxidation sites excluding steroid dienone is 2. The van der Waals surface area contributed by atoms with Crippen LogP contribution in [0.1, 0.15) is 54.4 Å². The van der Waals surface area contributed by atoms with E-state index in [1.54, 1.807) is 0 Å². The Kier molecular flexibility index (Phi) is 5.46. The Bertz CT molecular complexity index is 476. The summed E-state index contributed by atoms with van der Waals surface area (Å²) in [7, 11) is 0. The predicted molar refractivity (Wildman–Crippen MR) is 93.2 cm³/mol. The molecule has 1 saturated carbocycles. The molecule has 24 heavy (non-hydrogen) atoms. The van der Waals surface area contributed by atoms with E-state index in [1.165, 1.54) is 0 Å². The lowest BCUT2D eigenvalue weighted by Crippen LogP contribution is -2.55. The van der Waals surface area contributed by atoms with Crippen LogP contribution in [0.15, 0.2) is 12.2 Å². The largest absolute Gasteiger partial charge is 0.465 e. The van der Waals surface area contributed by atoms with Crippen molar-refractivity contribution in [2.45, 2.75) is 54.4 Å². The Morgan fingerprint density at radius 2 is 1.21 bits per heavy atom. The van der Waals surface area contributed by atoms with Crippen LogP contribution in [0.5, 0.6) is 0 Å². The number of rotatable bonds is 6. The number of carbonyl (C=O) groups excluding carboxylic acids is 2. The lowest BCUT2D eigenvalue weighted by Gasteiger charge is -2.54. The highest BCUT2D eigenvalue weighted by molar-refractivity contribution is 5.85. The molecule has 0 aromatic carbocycles. The summed E-state index contributed by atoms with van der Waals surface area (Å²) in [4.78, 5) is 25.7. The first-order valence-electron chi connectivity index (χ1n) is 9.13. The van der Waals surface area contributed by atoms with Crippen molar-refractivity contribution in [3.8, 4) is 0 Å². The predicted octanol–water partition coefficient (Wildman–Crippen LogP) is 3.99. The highest BCUT2D eigenvalue weighted by atomic mass is 16.5. The third kappa shape index (κ3) is 3.68. The van der Waals surface area contributed by atoms with Gasteiger partial charge in [0, 0.05) is 0 Å². The number of hydrogen-bond donors (Lipinski definition) is 0. The van der Waals surface area contributed by atoms with E-state index in [9.17, 15) is 9.59 Å². The lowest BCUT2D eigenvalue weighted by molar-refractivity contribution is -0.177. The van der Waals surface area contributed by atoms with Crippen molar-refractivity contribution in [3.05, 3.63) is 12.2 Å². The van der Waals surface area contributed by atoms with Gasteiger partial charge in [0.05, 0.1) is 25.0 Å². The van der Waals surface area contributed by atoms with Crippen LogP contribution in [0.3, 0.4) is 0 Å². The van der Waals surface area contributed by atoms with E-state index in [0.29, 0.717) is 13.2 Å². The molecule has 2 bridgehead atoms. The minimum atomic E-state index is -0.459. The fourth-order valence-corrected chi connectivity index (χ4v) is 3.85. The molecule has 4 heteroatoms. The topological polar surface area (TPSA) is 52.6 Å². The molecule has 3 aliphatic rings. The fraction of sp³-hybridized carbons (Fsp3) is 0.800. The second-order valence-corrected chi connectivity index (χ2v) is 8.85. The van der Waals surface area contributed by atoms with Crippen LogP contribution in [0, 0.1) is 34.5 Å². The average Bonchev–Trinajstić information content (AvgIpc) is 2.50. The molecule has 0 heterocycles. The first kappa shape index (κ1) is 19.0. The first-order valence-corrected chi connectivity index (χ1v) is 9.13. The van der Waals surface area contributed by atoms with E-state index >= 15 is 0 Å². The quantitative estimate of drug-likeness (QED) is 0.543. The van der Waals surface area contributed by atoms with Gasteiger partial charge in [-0.15, -0.1) is 0 Å². The van der Waals surface area contributed by atoms with Crippen LogP contribution in [0.4, 0.5) is 0 Å². The lowest BCUT2D eigenvalue weighted by atomic mass is 9.49. The zero-order valence-corrected chi connectivity index (χ0v) is 15.9. The molecular weight excluding hydrogens is 304 g/mol. The minimum absolute atomic E-state index is 0.257. The van der Waals surface area contributed by atoms with Crippen LogP contribution in [-0.2, 0) is 19.1 Å². The summed E-state index contributed by atoms with van der Waals surface area (Å²) in [5.41, 5.74) is -0.652. The van der Waals surface area contributed by atoms with E-state index in [4.69, 9.17) is 9.47 Å². The SMILES string of the molecule is CC(C)COC(=O)C1C(C(=O)OCC(C)C)C2(C)C=CC1(C)CC2. The van der Waals surface area contributed by atoms with Gasteiger partial charge in [-0.05, 0) is 35.5 Å². The number of hydrogen-bond acceptors (Lipinski definition) is 4. The van der Waals surface area contributed by atoms with Gasteiger partial charge in [-0.3, -0.25) is 9.59 Å². The molecule has 4 unspecified atom stereocenters. The monoisotopic (exact) mass is 336 g/mol. The fourth-order valence-electron chi connectivity index (χ4n) is 3.85. The van der Waals surface area contributed by atoms with Crippen LogP contribution < -0.4 is 0 Å². The Morgan fingerprint density at radius 1 is 0.875 bits per heavy atom. The molecule has 3 rings (SSSR count). The number of ether oxygens (including phenoxy) is 2. The van der Waals surface area contributed by atoms with E-state index < -0.39 is 11.8 Å². The average molecular weight is 336 g/mol. The number of fused-ring (bicyclic) bond motifs is 2. The zero-order chi connectivity index (χ0) is 18.1. The molecule has 0 amide bonds. The van der Waals surface area contributed by atoms with Gasteiger partial charge >= 0.3 is 11.9 Å². The van der Waals surface area contributed by atoms with Crippen LogP contribution in [0.25, 0.3) is 0 Å². The van der Waals surface area contributed by atoms with E-state index in [2.05, 4.69) is 26.0 Å². The van der Waals surface area contributed by atoms with E-state index in [1.807, 2.05) is 27.7 Å². The van der Waals surface area contributed by atoms with Gasteiger partial charge in [-0.25, -0.2) is 0 Å². The molecule has 4 atom stereocenters. The standard InChI is InChI=1S/C20H32O4/c1-13(2)11-23-17(21)15-16(18(22)24-12-14(3)4)20(6)9-7-19(15,5)8-10-20/h7,9,13-16H,8,10-12H2,1-6H3. The van der Waals surface area contributed by atoms with Crippen molar-refractivity contribution in [2.24, 2.45) is 34.5 Å². The molecule has 0 aromatic heterocycles. The molecule has 3 aliphatic carbocycles. The molecule has 1 fully saturated rings. The van der Waals surface area contributed by atoms with Gasteiger partial charge in [0.15, 0.2) is 0 Å². The molecule has 0 saturated heterocycles. The second-order valence-electron chi connectivity index (χ2n) is 8.85. The molecule has 0 aliphatic heterocycles. The summed E-state index contributed by atoms with van der Waals surface area (Å²) < 4.78 is 11.1. The molecule has 0 aromatic rings. The van der Waals surface area contributed by atoms with Gasteiger partial charge in [0.2, 0.25) is 0 Å².